The highest BCUT2D eigenvalue weighted by Gasteiger charge is 2.30. The number of nitrogens with zero attached hydrogens (tertiary/aromatic N) is 4. The predicted octanol–water partition coefficient (Wildman–Crippen LogP) is -0.581. The molecule has 1 saturated heterocycles. The van der Waals surface area contributed by atoms with Crippen LogP contribution in [0.25, 0.3) is 0 Å². The van der Waals surface area contributed by atoms with Gasteiger partial charge in [-0.25, -0.2) is 9.48 Å². The summed E-state index contributed by atoms with van der Waals surface area (Å²) < 4.78 is 1.19. The Morgan fingerprint density at radius 1 is 1.52 bits per heavy atom. The van der Waals surface area contributed by atoms with Crippen LogP contribution in [0, 0.1) is 0 Å². The Morgan fingerprint density at radius 2 is 2.29 bits per heavy atom. The van der Waals surface area contributed by atoms with Gasteiger partial charge in [0.15, 0.2) is 0 Å². The van der Waals surface area contributed by atoms with Crippen molar-refractivity contribution < 1.29 is 19.8 Å². The number of carboxylic acids is 1. The third kappa shape index (κ3) is 4.42. The van der Waals surface area contributed by atoms with Crippen molar-refractivity contribution in [3.05, 3.63) is 11.9 Å². The zero-order chi connectivity index (χ0) is 15.5. The van der Waals surface area contributed by atoms with Gasteiger partial charge in [0.2, 0.25) is 0 Å². The number of piperidine rings is 1. The van der Waals surface area contributed by atoms with Gasteiger partial charge >= 0.3 is 12.0 Å². The fraction of sp³-hybridized carbons (Fsp3) is 0.667. The minimum atomic E-state index is -1.01. The van der Waals surface area contributed by atoms with Gasteiger partial charge in [-0.15, -0.1) is 5.10 Å². The van der Waals surface area contributed by atoms with Crippen molar-refractivity contribution in [3.8, 4) is 0 Å². The highest BCUT2D eigenvalue weighted by Crippen LogP contribution is 2.20. The molecular formula is C12H19N5O4. The number of urea groups is 1. The summed E-state index contributed by atoms with van der Waals surface area (Å²) in [6.45, 7) is 2.51. The second kappa shape index (κ2) is 6.08. The Kier molecular flexibility index (Phi) is 4.41. The normalized spacial score (nSPS) is 22.1. The fourth-order valence-corrected chi connectivity index (χ4v) is 2.31. The molecule has 1 atom stereocenters. The molecule has 0 spiro atoms. The van der Waals surface area contributed by atoms with Gasteiger partial charge in [0.1, 0.15) is 12.2 Å². The van der Waals surface area contributed by atoms with E-state index in [1.807, 2.05) is 0 Å². The number of nitrogens with one attached hydrogen (secondary N) is 1. The first-order chi connectivity index (χ1) is 9.85. The Bertz CT molecular complexity index is 527. The molecule has 1 aromatic heterocycles. The molecule has 2 rings (SSSR count). The van der Waals surface area contributed by atoms with E-state index in [1.54, 1.807) is 11.8 Å². The fourth-order valence-electron chi connectivity index (χ4n) is 2.31. The van der Waals surface area contributed by atoms with E-state index in [9.17, 15) is 14.7 Å². The molecular weight excluding hydrogens is 278 g/mol. The van der Waals surface area contributed by atoms with Crippen molar-refractivity contribution in [2.24, 2.45) is 0 Å². The van der Waals surface area contributed by atoms with Crippen LogP contribution in [0.5, 0.6) is 0 Å². The number of aromatic nitrogens is 3. The molecule has 0 bridgehead atoms. The maximum Gasteiger partial charge on any atom is 0.325 e. The van der Waals surface area contributed by atoms with Gasteiger partial charge < -0.3 is 20.4 Å². The lowest BCUT2D eigenvalue weighted by atomic mass is 9.95. The molecule has 1 aliphatic heterocycles. The monoisotopic (exact) mass is 297 g/mol. The van der Waals surface area contributed by atoms with Crippen molar-refractivity contribution in [1.29, 1.82) is 0 Å². The Labute approximate surface area is 121 Å². The van der Waals surface area contributed by atoms with Crippen LogP contribution in [-0.4, -0.2) is 60.8 Å². The van der Waals surface area contributed by atoms with E-state index < -0.39 is 11.6 Å². The molecule has 9 nitrogen and oxygen atoms in total. The molecule has 0 aromatic carbocycles. The first-order valence-corrected chi connectivity index (χ1v) is 6.72. The second-order valence-electron chi connectivity index (χ2n) is 5.48. The molecule has 0 radical (unpaired) electrons. The highest BCUT2D eigenvalue weighted by atomic mass is 16.4. The summed E-state index contributed by atoms with van der Waals surface area (Å²) in [7, 11) is 0. The summed E-state index contributed by atoms with van der Waals surface area (Å²) in [5.41, 5.74) is -0.367. The Hall–Kier alpha value is -2.16. The maximum absolute atomic E-state index is 12.0. The summed E-state index contributed by atoms with van der Waals surface area (Å²) >= 11 is 0. The first-order valence-electron chi connectivity index (χ1n) is 6.72. The van der Waals surface area contributed by atoms with Gasteiger partial charge in [-0.05, 0) is 19.8 Å². The smallest absolute Gasteiger partial charge is 0.325 e. The van der Waals surface area contributed by atoms with E-state index in [-0.39, 0.29) is 19.1 Å². The van der Waals surface area contributed by atoms with Crippen molar-refractivity contribution in [1.82, 2.24) is 25.2 Å². The Morgan fingerprint density at radius 3 is 2.95 bits per heavy atom. The molecule has 1 unspecified atom stereocenters. The number of carbonyl (C=O) groups excluding carboxylic acids is 1. The largest absolute Gasteiger partial charge is 0.480 e. The van der Waals surface area contributed by atoms with E-state index in [1.165, 1.54) is 10.9 Å². The Balaban J connectivity index is 1.83. The van der Waals surface area contributed by atoms with E-state index in [0.29, 0.717) is 25.2 Å². The number of aliphatic carboxylic acids is 1. The number of amides is 2. The summed E-state index contributed by atoms with van der Waals surface area (Å²) in [6, 6.07) is -0.275. The summed E-state index contributed by atoms with van der Waals surface area (Å²) in [5.74, 6) is -1.01. The number of carbonyl (C=O) groups is 2. The first kappa shape index (κ1) is 15.2. The highest BCUT2D eigenvalue weighted by molar-refractivity contribution is 5.74. The average molecular weight is 297 g/mol. The van der Waals surface area contributed by atoms with Crippen molar-refractivity contribution in [2.75, 3.05) is 13.1 Å². The van der Waals surface area contributed by atoms with Crippen LogP contribution in [-0.2, 0) is 17.9 Å². The van der Waals surface area contributed by atoms with Gasteiger partial charge in [-0.2, -0.15) is 0 Å². The molecule has 3 N–H and O–H groups in total. The SMILES string of the molecule is CC1(O)CCCN(C(=O)NCc2cn(CC(=O)O)nn2)C1. The van der Waals surface area contributed by atoms with Gasteiger partial charge in [-0.3, -0.25) is 4.79 Å². The van der Waals surface area contributed by atoms with E-state index in [0.717, 1.165) is 6.42 Å². The zero-order valence-corrected chi connectivity index (χ0v) is 11.8. The van der Waals surface area contributed by atoms with E-state index >= 15 is 0 Å². The van der Waals surface area contributed by atoms with E-state index in [4.69, 9.17) is 5.11 Å². The number of rotatable bonds is 4. The van der Waals surface area contributed by atoms with Gasteiger partial charge in [0.05, 0.1) is 24.9 Å². The van der Waals surface area contributed by atoms with Crippen LogP contribution in [0.4, 0.5) is 4.79 Å². The molecule has 9 heteroatoms. The number of likely N-dealkylation sites (tertiary alicyclic amines) is 1. The number of hydrogen-bond donors (Lipinski definition) is 3. The van der Waals surface area contributed by atoms with Crippen LogP contribution >= 0.6 is 0 Å². The lowest BCUT2D eigenvalue weighted by Gasteiger charge is -2.36. The van der Waals surface area contributed by atoms with Crippen LogP contribution in [0.1, 0.15) is 25.5 Å². The standard InChI is InChI=1S/C12H19N5O4/c1-12(21)3-2-4-16(8-12)11(20)13-5-9-6-17(15-14-9)7-10(18)19/h6,21H,2-5,7-8H2,1H3,(H,13,20)(H,18,19). The molecule has 1 fully saturated rings. The van der Waals surface area contributed by atoms with Crippen molar-refractivity contribution >= 4 is 12.0 Å². The van der Waals surface area contributed by atoms with Crippen LogP contribution in [0.15, 0.2) is 6.20 Å². The topological polar surface area (TPSA) is 121 Å². The van der Waals surface area contributed by atoms with Crippen molar-refractivity contribution in [3.63, 3.8) is 0 Å². The molecule has 0 aliphatic carbocycles. The molecule has 1 aromatic rings. The summed E-state index contributed by atoms with van der Waals surface area (Å²) in [5, 5.41) is 28.7. The number of carboxylic acid groups (broad SMARTS) is 1. The van der Waals surface area contributed by atoms with E-state index in [2.05, 4.69) is 15.6 Å². The number of β-amino-alcohol motifs (C(OH)–C–C–N with tert-alkyl or cyclic N) is 1. The molecule has 0 saturated carbocycles. The minimum Gasteiger partial charge on any atom is -0.480 e. The van der Waals surface area contributed by atoms with Crippen LogP contribution < -0.4 is 5.32 Å². The minimum absolute atomic E-state index is 0.164. The average Bonchev–Trinajstić information content (AvgIpc) is 2.81. The lowest BCUT2D eigenvalue weighted by Crippen LogP contribution is -2.51. The molecule has 21 heavy (non-hydrogen) atoms. The lowest BCUT2D eigenvalue weighted by molar-refractivity contribution is -0.137. The molecule has 2 amide bonds. The molecule has 1 aliphatic rings. The third-order valence-electron chi connectivity index (χ3n) is 3.27. The second-order valence-corrected chi connectivity index (χ2v) is 5.48. The van der Waals surface area contributed by atoms with Crippen LogP contribution in [0.2, 0.25) is 0 Å². The predicted molar refractivity (Wildman–Crippen MR) is 71.3 cm³/mol. The summed E-state index contributed by atoms with van der Waals surface area (Å²) in [6.07, 6.45) is 2.91. The van der Waals surface area contributed by atoms with Crippen molar-refractivity contribution in [2.45, 2.75) is 38.5 Å². The van der Waals surface area contributed by atoms with Crippen LogP contribution in [0.3, 0.4) is 0 Å². The van der Waals surface area contributed by atoms with Gasteiger partial charge in [0.25, 0.3) is 0 Å². The number of hydrogen-bond acceptors (Lipinski definition) is 5. The zero-order valence-electron chi connectivity index (χ0n) is 11.8. The maximum atomic E-state index is 12.0. The molecule has 116 valence electrons. The molecule has 2 heterocycles. The van der Waals surface area contributed by atoms with Gasteiger partial charge in [0, 0.05) is 6.54 Å². The summed E-state index contributed by atoms with van der Waals surface area (Å²) in [4.78, 5) is 24.1. The number of aliphatic hydroxyl groups is 1. The third-order valence-corrected chi connectivity index (χ3v) is 3.27. The quantitative estimate of drug-likeness (QED) is 0.683. The van der Waals surface area contributed by atoms with Gasteiger partial charge in [-0.1, -0.05) is 5.21 Å².